The summed E-state index contributed by atoms with van der Waals surface area (Å²) < 4.78 is 40.2. The van der Waals surface area contributed by atoms with Gasteiger partial charge in [0.2, 0.25) is 5.91 Å². The van der Waals surface area contributed by atoms with E-state index in [9.17, 15) is 22.8 Å². The van der Waals surface area contributed by atoms with Crippen LogP contribution in [0.5, 0.6) is 0 Å². The van der Waals surface area contributed by atoms with E-state index in [1.807, 2.05) is 0 Å². The van der Waals surface area contributed by atoms with Gasteiger partial charge in [0.1, 0.15) is 5.82 Å². The maximum atomic E-state index is 13.8. The van der Waals surface area contributed by atoms with Crippen molar-refractivity contribution >= 4 is 48.4 Å². The fourth-order valence-electron chi connectivity index (χ4n) is 3.19. The Labute approximate surface area is 199 Å². The minimum atomic E-state index is -1.28. The van der Waals surface area contributed by atoms with Crippen LogP contribution in [-0.4, -0.2) is 56.9 Å². The molecule has 2 aromatic rings. The molecule has 1 unspecified atom stereocenters. The van der Waals surface area contributed by atoms with Gasteiger partial charge in [-0.3, -0.25) is 9.59 Å². The molecule has 7 nitrogen and oxygen atoms in total. The number of aromatic nitrogens is 2. The summed E-state index contributed by atoms with van der Waals surface area (Å²) in [6.07, 6.45) is 3.54. The summed E-state index contributed by atoms with van der Waals surface area (Å²) in [5.74, 6) is -3.38. The van der Waals surface area contributed by atoms with Crippen LogP contribution in [0.25, 0.3) is 0 Å². The van der Waals surface area contributed by atoms with Crippen LogP contribution in [0.15, 0.2) is 24.7 Å². The van der Waals surface area contributed by atoms with Gasteiger partial charge in [-0.1, -0.05) is 0 Å². The summed E-state index contributed by atoms with van der Waals surface area (Å²) in [5, 5.41) is 2.14. The second-order valence-electron chi connectivity index (χ2n) is 6.95. The van der Waals surface area contributed by atoms with E-state index in [4.69, 9.17) is 5.73 Å². The molecular formula is C19H24Cl2F3N5O2S. The fourth-order valence-corrected chi connectivity index (χ4v) is 4.35. The van der Waals surface area contributed by atoms with Crippen molar-refractivity contribution in [1.29, 1.82) is 0 Å². The largest absolute Gasteiger partial charge is 0.353 e. The molecule has 0 bridgehead atoms. The van der Waals surface area contributed by atoms with Crippen molar-refractivity contribution < 1.29 is 22.8 Å². The molecule has 3 rings (SSSR count). The third-order valence-corrected chi connectivity index (χ3v) is 5.89. The molecule has 2 atom stereocenters. The smallest absolute Gasteiger partial charge is 0.253 e. The van der Waals surface area contributed by atoms with Gasteiger partial charge in [-0.2, -0.15) is 0 Å². The molecule has 1 aliphatic rings. The van der Waals surface area contributed by atoms with E-state index < -0.39 is 28.9 Å². The second-order valence-corrected chi connectivity index (χ2v) is 8.14. The van der Waals surface area contributed by atoms with Crippen LogP contribution in [0.2, 0.25) is 0 Å². The highest BCUT2D eigenvalue weighted by Gasteiger charge is 2.35. The van der Waals surface area contributed by atoms with Crippen LogP contribution < -0.4 is 11.1 Å². The van der Waals surface area contributed by atoms with Crippen LogP contribution in [0.1, 0.15) is 17.7 Å². The number of amides is 2. The lowest BCUT2D eigenvalue weighted by atomic mass is 10.0. The van der Waals surface area contributed by atoms with Crippen molar-refractivity contribution in [3.8, 4) is 0 Å². The summed E-state index contributed by atoms with van der Waals surface area (Å²) in [7, 11) is 0. The van der Waals surface area contributed by atoms with Gasteiger partial charge in [0.25, 0.3) is 5.91 Å². The number of carbonyl (C=O) groups is 2. The number of benzene rings is 1. The summed E-state index contributed by atoms with van der Waals surface area (Å²) >= 11 is 1.35. The Morgan fingerprint density at radius 2 is 1.97 bits per heavy atom. The maximum absolute atomic E-state index is 13.8. The average Bonchev–Trinajstić information content (AvgIpc) is 3.37. The lowest BCUT2D eigenvalue weighted by molar-refractivity contribution is -0.136. The molecule has 13 heteroatoms. The van der Waals surface area contributed by atoms with Gasteiger partial charge in [0.05, 0.1) is 6.33 Å². The molecule has 1 aromatic carbocycles. The van der Waals surface area contributed by atoms with Gasteiger partial charge >= 0.3 is 0 Å². The molecule has 1 saturated heterocycles. The number of nitrogens with zero attached hydrogens (tertiary/aromatic N) is 2. The molecule has 4 N–H and O–H groups in total. The van der Waals surface area contributed by atoms with E-state index in [1.165, 1.54) is 16.7 Å². The Morgan fingerprint density at radius 1 is 1.25 bits per heavy atom. The van der Waals surface area contributed by atoms with Crippen molar-refractivity contribution in [1.82, 2.24) is 20.2 Å². The number of aromatic amines is 1. The highest BCUT2D eigenvalue weighted by atomic mass is 35.5. The lowest BCUT2D eigenvalue weighted by Gasteiger charge is -2.24. The quantitative estimate of drug-likeness (QED) is 0.469. The predicted molar refractivity (Wildman–Crippen MR) is 120 cm³/mol. The van der Waals surface area contributed by atoms with E-state index >= 15 is 0 Å². The Kier molecular flexibility index (Phi) is 11.3. The van der Waals surface area contributed by atoms with Gasteiger partial charge in [-0.25, -0.2) is 18.2 Å². The highest BCUT2D eigenvalue weighted by molar-refractivity contribution is 8.00. The number of imidazole rings is 1. The zero-order chi connectivity index (χ0) is 21.7. The average molecular weight is 514 g/mol. The first-order chi connectivity index (χ1) is 14.3. The first-order valence-corrected chi connectivity index (χ1v) is 10.4. The van der Waals surface area contributed by atoms with E-state index in [0.29, 0.717) is 31.3 Å². The van der Waals surface area contributed by atoms with E-state index in [-0.39, 0.29) is 55.0 Å². The molecule has 0 aliphatic carbocycles. The van der Waals surface area contributed by atoms with E-state index in [2.05, 4.69) is 15.3 Å². The topological polar surface area (TPSA) is 104 Å². The number of H-pyrrole nitrogens is 1. The number of nitrogens with one attached hydrogen (secondary N) is 2. The van der Waals surface area contributed by atoms with Crippen molar-refractivity contribution in [2.24, 2.45) is 5.73 Å². The maximum Gasteiger partial charge on any atom is 0.253 e. The molecule has 178 valence electrons. The highest BCUT2D eigenvalue weighted by Crippen LogP contribution is 2.25. The normalized spacial score (nSPS) is 16.1. The molecule has 2 heterocycles. The first kappa shape index (κ1) is 28.1. The third-order valence-electron chi connectivity index (χ3n) is 4.69. The van der Waals surface area contributed by atoms with Gasteiger partial charge in [-0.05, 0) is 18.1 Å². The third kappa shape index (κ3) is 7.29. The molecule has 1 fully saturated rings. The zero-order valence-electron chi connectivity index (χ0n) is 16.9. The van der Waals surface area contributed by atoms with Gasteiger partial charge in [0.15, 0.2) is 17.0 Å². The molecule has 2 amide bonds. The standard InChI is InChI=1S/C19H22F3N5O2S.2ClH/c20-14-8-16(22)15(21)6-11(14)5-12(23)7-17(28)27-3-4-30-19(27)18(29)25-2-1-13-9-24-10-26-13;;/h6,8-10,12,19H,1-5,7,23H2,(H,24,26)(H,25,29);2*1H/t12-,19?;;/m1../s1. The number of hydrogen-bond donors (Lipinski definition) is 3. The summed E-state index contributed by atoms with van der Waals surface area (Å²) in [6, 6.07) is 0.405. The van der Waals surface area contributed by atoms with Crippen molar-refractivity contribution in [3.05, 3.63) is 53.4 Å². The minimum absolute atomic E-state index is 0. The van der Waals surface area contributed by atoms with Crippen molar-refractivity contribution in [3.63, 3.8) is 0 Å². The Bertz CT molecular complexity index is 907. The van der Waals surface area contributed by atoms with Gasteiger partial charge in [0, 0.05) is 55.7 Å². The lowest BCUT2D eigenvalue weighted by Crippen LogP contribution is -2.46. The first-order valence-electron chi connectivity index (χ1n) is 9.40. The molecule has 1 aromatic heterocycles. The van der Waals surface area contributed by atoms with Gasteiger partial charge < -0.3 is 20.9 Å². The second kappa shape index (κ2) is 12.9. The van der Waals surface area contributed by atoms with Crippen molar-refractivity contribution in [2.75, 3.05) is 18.8 Å². The van der Waals surface area contributed by atoms with Crippen molar-refractivity contribution in [2.45, 2.75) is 30.7 Å². The summed E-state index contributed by atoms with van der Waals surface area (Å²) in [5.41, 5.74) is 6.73. The number of nitrogens with two attached hydrogens (primary N) is 1. The summed E-state index contributed by atoms with van der Waals surface area (Å²) in [4.78, 5) is 33.4. The minimum Gasteiger partial charge on any atom is -0.353 e. The molecule has 32 heavy (non-hydrogen) atoms. The molecule has 0 spiro atoms. The van der Waals surface area contributed by atoms with Crippen LogP contribution in [0.4, 0.5) is 13.2 Å². The number of thioether (sulfide) groups is 1. The SMILES string of the molecule is Cl.Cl.N[C@@H](CC(=O)N1CCSC1C(=O)NCCc1cnc[nH]1)Cc1cc(F)c(F)cc1F. The molecule has 0 saturated carbocycles. The number of carbonyl (C=O) groups excluding carboxylic acids is 2. The number of rotatable bonds is 8. The van der Waals surface area contributed by atoms with Gasteiger partial charge in [-0.15, -0.1) is 36.6 Å². The van der Waals surface area contributed by atoms with E-state index in [0.717, 1.165) is 11.8 Å². The van der Waals surface area contributed by atoms with Crippen LogP contribution >= 0.6 is 36.6 Å². The molecule has 0 radical (unpaired) electrons. The predicted octanol–water partition coefficient (Wildman–Crippen LogP) is 2.19. The zero-order valence-corrected chi connectivity index (χ0v) is 19.3. The summed E-state index contributed by atoms with van der Waals surface area (Å²) in [6.45, 7) is 0.795. The Balaban J connectivity index is 0.00000256. The molecule has 1 aliphatic heterocycles. The number of hydrogen-bond acceptors (Lipinski definition) is 5. The fraction of sp³-hybridized carbons (Fsp3) is 0.421. The Morgan fingerprint density at radius 3 is 2.66 bits per heavy atom. The monoisotopic (exact) mass is 513 g/mol. The Hall–Kier alpha value is -1.95. The van der Waals surface area contributed by atoms with Crippen LogP contribution in [0, 0.1) is 17.5 Å². The van der Waals surface area contributed by atoms with Crippen LogP contribution in [-0.2, 0) is 22.4 Å². The molecular weight excluding hydrogens is 490 g/mol. The van der Waals surface area contributed by atoms with E-state index in [1.54, 1.807) is 12.5 Å². The number of halogens is 5. The van der Waals surface area contributed by atoms with Crippen LogP contribution in [0.3, 0.4) is 0 Å².